The lowest BCUT2D eigenvalue weighted by molar-refractivity contribution is -0.139. The van der Waals surface area contributed by atoms with Gasteiger partial charge in [0, 0.05) is 25.7 Å². The van der Waals surface area contributed by atoms with Crippen molar-refractivity contribution in [1.82, 2.24) is 14.9 Å². The Morgan fingerprint density at radius 3 is 2.41 bits per heavy atom. The third-order valence-corrected chi connectivity index (χ3v) is 6.67. The Balaban J connectivity index is 1.90. The molecule has 1 aromatic rings. The lowest BCUT2D eigenvalue weighted by Crippen LogP contribution is -2.46. The van der Waals surface area contributed by atoms with E-state index in [1.54, 1.807) is 34.6 Å². The van der Waals surface area contributed by atoms with Crippen LogP contribution in [0.3, 0.4) is 0 Å². The first-order valence-corrected chi connectivity index (χ1v) is 11.0. The molecule has 0 aliphatic carbocycles. The quantitative estimate of drug-likeness (QED) is 0.517. The molecular formula is C19H29N3O4S. The van der Waals surface area contributed by atoms with Gasteiger partial charge in [0.05, 0.1) is 4.90 Å². The van der Waals surface area contributed by atoms with E-state index in [1.807, 2.05) is 6.92 Å². The summed E-state index contributed by atoms with van der Waals surface area (Å²) in [4.78, 5) is 23.8. The van der Waals surface area contributed by atoms with Crippen molar-refractivity contribution in [2.24, 2.45) is 0 Å². The van der Waals surface area contributed by atoms with Gasteiger partial charge in [-0.1, -0.05) is 38.0 Å². The fourth-order valence-corrected chi connectivity index (χ4v) is 4.94. The summed E-state index contributed by atoms with van der Waals surface area (Å²) < 4.78 is 27.4. The average molecular weight is 396 g/mol. The van der Waals surface area contributed by atoms with Gasteiger partial charge in [-0.3, -0.25) is 9.59 Å². The average Bonchev–Trinajstić information content (AvgIpc) is 2.69. The van der Waals surface area contributed by atoms with Crippen LogP contribution < -0.4 is 10.6 Å². The van der Waals surface area contributed by atoms with Gasteiger partial charge in [-0.2, -0.15) is 4.31 Å². The van der Waals surface area contributed by atoms with Crippen LogP contribution in [0.4, 0.5) is 0 Å². The van der Waals surface area contributed by atoms with Crippen molar-refractivity contribution in [3.8, 4) is 0 Å². The molecular weight excluding hydrogens is 366 g/mol. The highest BCUT2D eigenvalue weighted by atomic mass is 32.2. The van der Waals surface area contributed by atoms with Crippen LogP contribution in [-0.4, -0.2) is 50.2 Å². The van der Waals surface area contributed by atoms with Crippen LogP contribution >= 0.6 is 0 Å². The van der Waals surface area contributed by atoms with Gasteiger partial charge in [0.2, 0.25) is 10.0 Å². The molecule has 1 heterocycles. The van der Waals surface area contributed by atoms with Crippen molar-refractivity contribution < 1.29 is 18.0 Å². The molecule has 1 aliphatic rings. The van der Waals surface area contributed by atoms with Gasteiger partial charge in [-0.25, -0.2) is 8.42 Å². The topological polar surface area (TPSA) is 95.6 Å². The molecule has 8 heteroatoms. The Hall–Kier alpha value is -1.93. The lowest BCUT2D eigenvalue weighted by atomic mass is 10.0. The number of nitrogens with zero attached hydrogens (tertiary/aromatic N) is 1. The maximum Gasteiger partial charge on any atom is 0.309 e. The summed E-state index contributed by atoms with van der Waals surface area (Å²) >= 11 is 0. The molecule has 1 aromatic carbocycles. The Kier molecular flexibility index (Phi) is 8.24. The number of carbonyl (C=O) groups is 2. The van der Waals surface area contributed by atoms with Gasteiger partial charge in [0.25, 0.3) is 0 Å². The van der Waals surface area contributed by atoms with E-state index in [4.69, 9.17) is 0 Å². The van der Waals surface area contributed by atoms with Gasteiger partial charge in [-0.15, -0.1) is 0 Å². The van der Waals surface area contributed by atoms with Crippen LogP contribution in [0.25, 0.3) is 0 Å². The first kappa shape index (κ1) is 21.4. The van der Waals surface area contributed by atoms with E-state index in [0.717, 1.165) is 32.1 Å². The summed E-state index contributed by atoms with van der Waals surface area (Å²) in [5.41, 5.74) is 0. The molecule has 0 saturated carbocycles. The maximum absolute atomic E-state index is 12.9. The third kappa shape index (κ3) is 6.04. The van der Waals surface area contributed by atoms with Crippen molar-refractivity contribution in [3.63, 3.8) is 0 Å². The second kappa shape index (κ2) is 10.4. The smallest absolute Gasteiger partial charge is 0.309 e. The summed E-state index contributed by atoms with van der Waals surface area (Å²) in [5.74, 6) is -1.31. The van der Waals surface area contributed by atoms with Gasteiger partial charge in [0.15, 0.2) is 0 Å². The first-order chi connectivity index (χ1) is 13.0. The molecule has 7 nitrogen and oxygen atoms in total. The Morgan fingerprint density at radius 1 is 1.07 bits per heavy atom. The predicted octanol–water partition coefficient (Wildman–Crippen LogP) is 1.65. The summed E-state index contributed by atoms with van der Waals surface area (Å²) in [7, 11) is -3.55. The molecule has 1 fully saturated rings. The van der Waals surface area contributed by atoms with Crippen LogP contribution in [-0.2, 0) is 19.6 Å². The molecule has 2 amide bonds. The standard InChI is InChI=1S/C19H29N3O4S/c1-2-3-13-20-18(23)19(24)21-14-12-16-9-7-8-15-22(16)27(25,26)17-10-5-4-6-11-17/h4-6,10-11,16H,2-3,7-9,12-15H2,1H3,(H,20,23)(H,21,24). The second-order valence-corrected chi connectivity index (χ2v) is 8.62. The molecule has 0 aromatic heterocycles. The molecule has 1 atom stereocenters. The molecule has 1 saturated heterocycles. The number of hydrogen-bond acceptors (Lipinski definition) is 4. The fourth-order valence-electron chi connectivity index (χ4n) is 3.20. The van der Waals surface area contributed by atoms with E-state index in [0.29, 0.717) is 19.5 Å². The normalized spacial score (nSPS) is 18.0. The number of piperidine rings is 1. The molecule has 27 heavy (non-hydrogen) atoms. The molecule has 1 unspecified atom stereocenters. The predicted molar refractivity (Wildman–Crippen MR) is 104 cm³/mol. The van der Waals surface area contributed by atoms with Gasteiger partial charge in [0.1, 0.15) is 0 Å². The van der Waals surface area contributed by atoms with Crippen LogP contribution in [0.1, 0.15) is 45.4 Å². The highest BCUT2D eigenvalue weighted by Gasteiger charge is 2.33. The molecule has 0 bridgehead atoms. The second-order valence-electron chi connectivity index (χ2n) is 6.73. The molecule has 2 N–H and O–H groups in total. The third-order valence-electron chi connectivity index (χ3n) is 4.71. The number of amides is 2. The molecule has 0 spiro atoms. The van der Waals surface area contributed by atoms with Gasteiger partial charge in [-0.05, 0) is 37.8 Å². The number of hydrogen-bond donors (Lipinski definition) is 2. The minimum atomic E-state index is -3.55. The van der Waals surface area contributed by atoms with Crippen molar-refractivity contribution in [1.29, 1.82) is 0 Å². The highest BCUT2D eigenvalue weighted by molar-refractivity contribution is 7.89. The minimum absolute atomic E-state index is 0.174. The van der Waals surface area contributed by atoms with E-state index in [-0.39, 0.29) is 17.5 Å². The Labute approximate surface area is 161 Å². The van der Waals surface area contributed by atoms with Crippen LogP contribution in [0, 0.1) is 0 Å². The van der Waals surface area contributed by atoms with E-state index < -0.39 is 21.8 Å². The molecule has 150 valence electrons. The number of nitrogens with one attached hydrogen (secondary N) is 2. The zero-order valence-corrected chi connectivity index (χ0v) is 16.6. The van der Waals surface area contributed by atoms with E-state index in [9.17, 15) is 18.0 Å². The SMILES string of the molecule is CCCCNC(=O)C(=O)NCCC1CCCCN1S(=O)(=O)c1ccccc1. The van der Waals surface area contributed by atoms with Crippen molar-refractivity contribution >= 4 is 21.8 Å². The lowest BCUT2D eigenvalue weighted by Gasteiger charge is -2.34. The van der Waals surface area contributed by atoms with Crippen molar-refractivity contribution in [2.45, 2.75) is 56.4 Å². The van der Waals surface area contributed by atoms with Crippen LogP contribution in [0.5, 0.6) is 0 Å². The largest absolute Gasteiger partial charge is 0.348 e. The Bertz CT molecular complexity index is 722. The monoisotopic (exact) mass is 395 g/mol. The Morgan fingerprint density at radius 2 is 1.74 bits per heavy atom. The maximum atomic E-state index is 12.9. The fraction of sp³-hybridized carbons (Fsp3) is 0.579. The summed E-state index contributed by atoms with van der Waals surface area (Å²) in [5, 5.41) is 5.17. The van der Waals surface area contributed by atoms with E-state index in [1.165, 1.54) is 0 Å². The number of carbonyl (C=O) groups excluding carboxylic acids is 2. The van der Waals surface area contributed by atoms with Gasteiger partial charge < -0.3 is 10.6 Å². The minimum Gasteiger partial charge on any atom is -0.348 e. The number of sulfonamides is 1. The van der Waals surface area contributed by atoms with Crippen molar-refractivity contribution in [3.05, 3.63) is 30.3 Å². The summed E-state index contributed by atoms with van der Waals surface area (Å²) in [6.45, 7) is 3.24. The number of rotatable bonds is 8. The van der Waals surface area contributed by atoms with E-state index in [2.05, 4.69) is 10.6 Å². The molecule has 1 aliphatic heterocycles. The zero-order valence-electron chi connectivity index (χ0n) is 15.8. The zero-order chi connectivity index (χ0) is 19.7. The summed E-state index contributed by atoms with van der Waals surface area (Å²) in [6, 6.07) is 8.24. The van der Waals surface area contributed by atoms with Crippen molar-refractivity contribution in [2.75, 3.05) is 19.6 Å². The first-order valence-electron chi connectivity index (χ1n) is 9.59. The van der Waals surface area contributed by atoms with Crippen LogP contribution in [0.2, 0.25) is 0 Å². The van der Waals surface area contributed by atoms with Crippen LogP contribution in [0.15, 0.2) is 35.2 Å². The van der Waals surface area contributed by atoms with Gasteiger partial charge >= 0.3 is 11.8 Å². The van der Waals surface area contributed by atoms with E-state index >= 15 is 0 Å². The highest BCUT2D eigenvalue weighted by Crippen LogP contribution is 2.26. The molecule has 2 rings (SSSR count). The molecule has 0 radical (unpaired) electrons. The summed E-state index contributed by atoms with van der Waals surface area (Å²) in [6.07, 6.45) is 4.79. The number of benzene rings is 1. The number of unbranched alkanes of at least 4 members (excludes halogenated alkanes) is 1.